The Balaban J connectivity index is 1.97. The van der Waals surface area contributed by atoms with Crippen LogP contribution in [0.2, 0.25) is 5.02 Å². The highest BCUT2D eigenvalue weighted by atomic mass is 35.5. The van der Waals surface area contributed by atoms with Crippen molar-refractivity contribution in [3.8, 4) is 5.69 Å². The van der Waals surface area contributed by atoms with Crippen LogP contribution in [0.5, 0.6) is 0 Å². The molecule has 2 aromatic carbocycles. The standard InChI is InChI=1S/C14H13B3ClFN4/c15-8-11(18)9(16)13(10(17)12(8)19)21-14-20-6-23(22-14)7-4-2-1-3-5-7/h1-6H,15-17H2,(H,21,22). The van der Waals surface area contributed by atoms with Gasteiger partial charge in [-0.05, 0) is 28.5 Å². The lowest BCUT2D eigenvalue weighted by Gasteiger charge is -2.16. The van der Waals surface area contributed by atoms with Crippen LogP contribution < -0.4 is 21.7 Å². The first-order valence-corrected chi connectivity index (χ1v) is 7.55. The van der Waals surface area contributed by atoms with Crippen molar-refractivity contribution in [1.29, 1.82) is 0 Å². The van der Waals surface area contributed by atoms with E-state index in [2.05, 4.69) is 15.4 Å². The molecule has 0 aliphatic carbocycles. The van der Waals surface area contributed by atoms with E-state index in [1.807, 2.05) is 38.2 Å². The maximum atomic E-state index is 14.2. The maximum Gasteiger partial charge on any atom is 0.246 e. The summed E-state index contributed by atoms with van der Waals surface area (Å²) in [5.74, 6) is 0.0740. The minimum absolute atomic E-state index is 0.314. The van der Waals surface area contributed by atoms with Gasteiger partial charge in [0.15, 0.2) is 0 Å². The van der Waals surface area contributed by atoms with Gasteiger partial charge < -0.3 is 5.32 Å². The Labute approximate surface area is 141 Å². The van der Waals surface area contributed by atoms with Crippen LogP contribution in [-0.2, 0) is 0 Å². The van der Waals surface area contributed by atoms with E-state index in [0.717, 1.165) is 11.2 Å². The molecule has 0 saturated carbocycles. The van der Waals surface area contributed by atoms with Crippen molar-refractivity contribution < 1.29 is 4.39 Å². The summed E-state index contributed by atoms with van der Waals surface area (Å²) >= 11 is 6.20. The van der Waals surface area contributed by atoms with E-state index < -0.39 is 0 Å². The van der Waals surface area contributed by atoms with E-state index in [-0.39, 0.29) is 5.82 Å². The van der Waals surface area contributed by atoms with Crippen LogP contribution in [0.3, 0.4) is 0 Å². The normalized spacial score (nSPS) is 10.7. The molecule has 0 atom stereocenters. The molecule has 9 heteroatoms. The van der Waals surface area contributed by atoms with Gasteiger partial charge in [-0.1, -0.05) is 29.8 Å². The first-order valence-electron chi connectivity index (χ1n) is 7.18. The van der Waals surface area contributed by atoms with E-state index in [0.29, 0.717) is 27.6 Å². The predicted octanol–water partition coefficient (Wildman–Crippen LogP) is -1.42. The second-order valence-corrected chi connectivity index (χ2v) is 5.73. The average molecular weight is 324 g/mol. The number of hydrogen-bond acceptors (Lipinski definition) is 3. The zero-order valence-corrected chi connectivity index (χ0v) is 13.8. The van der Waals surface area contributed by atoms with Crippen molar-refractivity contribution >= 4 is 63.2 Å². The summed E-state index contributed by atoms with van der Waals surface area (Å²) in [7, 11) is 5.23. The Hall–Kier alpha value is -2.21. The molecule has 0 aliphatic heterocycles. The summed E-state index contributed by atoms with van der Waals surface area (Å²) in [5, 5.41) is 7.86. The maximum absolute atomic E-state index is 14.2. The third-order valence-corrected chi connectivity index (χ3v) is 4.38. The molecule has 1 heterocycles. The lowest BCUT2D eigenvalue weighted by Crippen LogP contribution is -2.34. The SMILES string of the molecule is Bc1c(F)c(B)c(Nc2ncn(-c3ccccc3)n2)c(B)c1Cl. The Morgan fingerprint density at radius 3 is 2.43 bits per heavy atom. The van der Waals surface area contributed by atoms with E-state index in [4.69, 9.17) is 11.6 Å². The number of para-hydroxylation sites is 1. The number of hydrogen-bond donors (Lipinski definition) is 1. The van der Waals surface area contributed by atoms with E-state index in [9.17, 15) is 4.39 Å². The summed E-state index contributed by atoms with van der Waals surface area (Å²) in [5.41, 5.74) is 3.23. The molecular formula is C14H13B3ClFN4. The number of rotatable bonds is 3. The van der Waals surface area contributed by atoms with Gasteiger partial charge in [0.2, 0.25) is 5.95 Å². The molecule has 112 valence electrons. The molecule has 0 unspecified atom stereocenters. The smallest absolute Gasteiger partial charge is 0.246 e. The van der Waals surface area contributed by atoms with Crippen molar-refractivity contribution in [2.24, 2.45) is 0 Å². The van der Waals surface area contributed by atoms with Crippen LogP contribution in [0.15, 0.2) is 36.7 Å². The third-order valence-electron chi connectivity index (χ3n) is 3.82. The molecule has 0 amide bonds. The lowest BCUT2D eigenvalue weighted by atomic mass is 9.78. The fourth-order valence-corrected chi connectivity index (χ4v) is 2.66. The highest BCUT2D eigenvalue weighted by Crippen LogP contribution is 2.14. The summed E-state index contributed by atoms with van der Waals surface area (Å²) in [4.78, 5) is 4.23. The van der Waals surface area contributed by atoms with E-state index in [1.54, 1.807) is 26.7 Å². The van der Waals surface area contributed by atoms with Gasteiger partial charge in [0, 0.05) is 10.7 Å². The van der Waals surface area contributed by atoms with Crippen molar-refractivity contribution in [1.82, 2.24) is 14.8 Å². The van der Waals surface area contributed by atoms with Crippen LogP contribution in [0.1, 0.15) is 0 Å². The molecule has 0 aliphatic rings. The van der Waals surface area contributed by atoms with Gasteiger partial charge in [-0.2, -0.15) is 4.98 Å². The van der Waals surface area contributed by atoms with Crippen LogP contribution in [0, 0.1) is 5.82 Å². The number of nitrogens with one attached hydrogen (secondary N) is 1. The van der Waals surface area contributed by atoms with Crippen LogP contribution in [0.4, 0.5) is 16.0 Å². The molecule has 4 nitrogen and oxygen atoms in total. The van der Waals surface area contributed by atoms with Gasteiger partial charge in [-0.15, -0.1) is 5.10 Å². The molecule has 1 N–H and O–H groups in total. The van der Waals surface area contributed by atoms with Crippen molar-refractivity contribution in [3.05, 3.63) is 47.5 Å². The van der Waals surface area contributed by atoms with Crippen LogP contribution in [0.25, 0.3) is 5.69 Å². The van der Waals surface area contributed by atoms with Gasteiger partial charge in [0.05, 0.1) is 5.69 Å². The van der Waals surface area contributed by atoms with Crippen LogP contribution in [-0.4, -0.2) is 38.3 Å². The minimum Gasteiger partial charge on any atom is -0.324 e. The number of anilines is 2. The predicted molar refractivity (Wildman–Crippen MR) is 101 cm³/mol. The Morgan fingerprint density at radius 2 is 1.74 bits per heavy atom. The fourth-order valence-electron chi connectivity index (χ4n) is 2.48. The van der Waals surface area contributed by atoms with Gasteiger partial charge >= 0.3 is 0 Å². The number of nitrogens with zero attached hydrogens (tertiary/aromatic N) is 3. The van der Waals surface area contributed by atoms with Crippen molar-refractivity contribution in [2.75, 3.05) is 5.32 Å². The lowest BCUT2D eigenvalue weighted by molar-refractivity contribution is 0.645. The Bertz CT molecular complexity index is 841. The van der Waals surface area contributed by atoms with E-state index in [1.165, 1.54) is 0 Å². The van der Waals surface area contributed by atoms with Crippen LogP contribution >= 0.6 is 11.6 Å². The largest absolute Gasteiger partial charge is 0.324 e. The van der Waals surface area contributed by atoms with E-state index >= 15 is 0 Å². The molecule has 0 saturated heterocycles. The van der Waals surface area contributed by atoms with Crippen molar-refractivity contribution in [3.63, 3.8) is 0 Å². The Morgan fingerprint density at radius 1 is 1.04 bits per heavy atom. The zero-order chi connectivity index (χ0) is 16.6. The Kier molecular flexibility index (Phi) is 4.17. The molecule has 1 aromatic heterocycles. The summed E-state index contributed by atoms with van der Waals surface area (Å²) in [6.07, 6.45) is 1.61. The monoisotopic (exact) mass is 324 g/mol. The molecule has 0 radical (unpaired) electrons. The molecule has 23 heavy (non-hydrogen) atoms. The second kappa shape index (κ2) is 6.12. The van der Waals surface area contributed by atoms with Crippen molar-refractivity contribution in [2.45, 2.75) is 0 Å². The van der Waals surface area contributed by atoms with Gasteiger partial charge in [-0.25, -0.2) is 9.07 Å². The van der Waals surface area contributed by atoms with Gasteiger partial charge in [-0.3, -0.25) is 0 Å². The minimum atomic E-state index is -0.314. The number of halogens is 2. The molecule has 3 rings (SSSR count). The molecule has 0 bridgehead atoms. The quantitative estimate of drug-likeness (QED) is 0.602. The second-order valence-electron chi connectivity index (χ2n) is 5.35. The van der Waals surface area contributed by atoms with Gasteiger partial charge in [0.25, 0.3) is 0 Å². The molecule has 3 aromatic rings. The highest BCUT2D eigenvalue weighted by Gasteiger charge is 2.16. The fraction of sp³-hybridized carbons (Fsp3) is 0. The highest BCUT2D eigenvalue weighted by molar-refractivity contribution is 6.57. The number of aromatic nitrogens is 3. The number of benzene rings is 2. The first-order chi connectivity index (χ1) is 11.0. The third kappa shape index (κ3) is 2.86. The molecular weight excluding hydrogens is 311 g/mol. The van der Waals surface area contributed by atoms with Gasteiger partial charge in [0.1, 0.15) is 35.7 Å². The summed E-state index contributed by atoms with van der Waals surface area (Å²) < 4.78 is 15.9. The molecule has 0 spiro atoms. The molecule has 0 fully saturated rings. The topological polar surface area (TPSA) is 42.7 Å². The summed E-state index contributed by atoms with van der Waals surface area (Å²) in [6, 6.07) is 9.64. The summed E-state index contributed by atoms with van der Waals surface area (Å²) in [6.45, 7) is 0. The average Bonchev–Trinajstić information content (AvgIpc) is 3.05. The first kappa shape index (κ1) is 15.7. The zero-order valence-electron chi connectivity index (χ0n) is 13.1.